The van der Waals surface area contributed by atoms with Gasteiger partial charge in [-0.05, 0) is 52.0 Å². The Kier molecular flexibility index (Phi) is 23.6. The number of rotatable bonds is 8. The fourth-order valence-electron chi connectivity index (χ4n) is 2.76. The van der Waals surface area contributed by atoms with Crippen molar-refractivity contribution in [2.75, 3.05) is 28.4 Å². The van der Waals surface area contributed by atoms with Gasteiger partial charge in [-0.15, -0.1) is 0 Å². The maximum atomic E-state index is 11.9. The number of ether oxygens (including phenoxy) is 4. The minimum atomic E-state index is -0.531. The summed E-state index contributed by atoms with van der Waals surface area (Å²) in [5.74, 6) is 1.72. The second-order valence-corrected chi connectivity index (χ2v) is 12.7. The van der Waals surface area contributed by atoms with E-state index in [-0.39, 0.29) is 57.0 Å². The summed E-state index contributed by atoms with van der Waals surface area (Å²) in [5.41, 5.74) is -0.101. The Bertz CT molecular complexity index is 1130. The zero-order chi connectivity index (χ0) is 36.4. The van der Waals surface area contributed by atoms with Gasteiger partial charge in [0.2, 0.25) is 0 Å². The molecule has 0 bridgehead atoms. The van der Waals surface area contributed by atoms with Gasteiger partial charge in [0, 0.05) is 80.2 Å². The molecule has 0 saturated carbocycles. The molecule has 0 radical (unpaired) electrons. The summed E-state index contributed by atoms with van der Waals surface area (Å²) < 4.78 is 20.5. The monoisotopic (exact) mass is 696 g/mol. The van der Waals surface area contributed by atoms with Crippen molar-refractivity contribution < 1.29 is 70.7 Å². The Labute approximate surface area is 296 Å². The Morgan fingerprint density at radius 1 is 0.553 bits per heavy atom. The van der Waals surface area contributed by atoms with E-state index in [1.165, 1.54) is 40.6 Å². The van der Waals surface area contributed by atoms with Crippen LogP contribution in [0.5, 0.6) is 23.0 Å². The predicted octanol–water partition coefficient (Wildman–Crippen LogP) is 7.21. The summed E-state index contributed by atoms with van der Waals surface area (Å²) in [7, 11) is 6.11. The minimum Gasteiger partial charge on any atom is -0.507 e. The van der Waals surface area contributed by atoms with Crippen molar-refractivity contribution >= 4 is 23.1 Å². The first kappa shape index (κ1) is 48.1. The van der Waals surface area contributed by atoms with Gasteiger partial charge < -0.3 is 39.4 Å². The standard InChI is InChI=1S/2C15H20O4.2C3H8O.Ti/c2*1-15(2,3)14(17)9-13(16)10-6-11(18-4)8-12(7-10)19-5;2*1-3(2)4;/h2*6-9,16H,1-5H3;2*3-4H,1-2H3;/b2*13-9-;;;. The number of allylic oxidation sites excluding steroid dienone is 2. The summed E-state index contributed by atoms with van der Waals surface area (Å²) in [6, 6.07) is 9.97. The van der Waals surface area contributed by atoms with E-state index < -0.39 is 10.8 Å². The third-order valence-electron chi connectivity index (χ3n) is 5.31. The topological polar surface area (TPSA) is 152 Å². The molecular formula is C36H56O10Ti. The number of carbonyl (C=O) groups is 2. The summed E-state index contributed by atoms with van der Waals surface area (Å²) in [6.07, 6.45) is 2.13. The van der Waals surface area contributed by atoms with Gasteiger partial charge in [0.25, 0.3) is 0 Å². The van der Waals surface area contributed by atoms with E-state index in [9.17, 15) is 19.8 Å². The minimum absolute atomic E-state index is 0. The van der Waals surface area contributed by atoms with E-state index in [4.69, 9.17) is 29.2 Å². The fraction of sp³-hybridized carbons (Fsp3) is 0.500. The van der Waals surface area contributed by atoms with E-state index in [1.807, 2.05) is 0 Å². The van der Waals surface area contributed by atoms with Crippen LogP contribution in [0.15, 0.2) is 48.6 Å². The molecule has 0 saturated heterocycles. The van der Waals surface area contributed by atoms with Crippen LogP contribution in [0.4, 0.5) is 0 Å². The van der Waals surface area contributed by atoms with Gasteiger partial charge in [-0.2, -0.15) is 0 Å². The molecule has 47 heavy (non-hydrogen) atoms. The Hall–Kier alpha value is -3.31. The molecule has 11 heteroatoms. The zero-order valence-electron chi connectivity index (χ0n) is 30.5. The molecule has 10 nitrogen and oxygen atoms in total. The molecule has 2 aromatic rings. The molecule has 0 aliphatic heterocycles. The van der Waals surface area contributed by atoms with Crippen LogP contribution in [0, 0.1) is 10.8 Å². The van der Waals surface area contributed by atoms with Crippen LogP contribution in [0.1, 0.15) is 80.4 Å². The van der Waals surface area contributed by atoms with Crippen molar-refractivity contribution in [1.29, 1.82) is 0 Å². The molecule has 0 aliphatic rings. The molecule has 2 aromatic carbocycles. The van der Waals surface area contributed by atoms with Crippen molar-refractivity contribution in [2.24, 2.45) is 10.8 Å². The molecule has 0 amide bonds. The normalized spacial score (nSPS) is 11.4. The first-order valence-corrected chi connectivity index (χ1v) is 14.7. The SMILES string of the molecule is CC(C)O.CC(C)O.COc1cc(OC)cc(/C(O)=C/C(=O)C(C)(C)C)c1.COc1cc(OC)cc(/C(O)=C/C(=O)C(C)(C)C)c1.[Ti]. The average Bonchev–Trinajstić information content (AvgIpc) is 2.95. The predicted molar refractivity (Wildman–Crippen MR) is 184 cm³/mol. The van der Waals surface area contributed by atoms with Crippen LogP contribution in [0.3, 0.4) is 0 Å². The van der Waals surface area contributed by atoms with Crippen molar-refractivity contribution in [3.05, 3.63) is 59.7 Å². The van der Waals surface area contributed by atoms with Gasteiger partial charge in [0.15, 0.2) is 11.6 Å². The molecule has 0 unspecified atom stereocenters. The first-order chi connectivity index (χ1) is 21.0. The van der Waals surface area contributed by atoms with Crippen LogP contribution in [-0.2, 0) is 31.3 Å². The Morgan fingerprint density at radius 2 is 0.745 bits per heavy atom. The molecular weight excluding hydrogens is 640 g/mol. The third-order valence-corrected chi connectivity index (χ3v) is 5.31. The smallest absolute Gasteiger partial charge is 0.164 e. The second kappa shape index (κ2) is 23.1. The number of carbonyl (C=O) groups excluding carboxylic acids is 2. The van der Waals surface area contributed by atoms with Crippen LogP contribution in [-0.4, -0.2) is 72.6 Å². The van der Waals surface area contributed by atoms with Crippen molar-refractivity contribution in [3.8, 4) is 23.0 Å². The largest absolute Gasteiger partial charge is 0.507 e. The molecule has 4 N–H and O–H groups in total. The Balaban J connectivity index is -0.000000659. The number of hydrogen-bond donors (Lipinski definition) is 4. The van der Waals surface area contributed by atoms with Crippen LogP contribution in [0.2, 0.25) is 0 Å². The number of hydrogen-bond acceptors (Lipinski definition) is 10. The average molecular weight is 697 g/mol. The van der Waals surface area contributed by atoms with Gasteiger partial charge in [0.05, 0.1) is 28.4 Å². The molecule has 0 aliphatic carbocycles. The number of methoxy groups -OCH3 is 4. The molecule has 0 spiro atoms. The van der Waals surface area contributed by atoms with E-state index in [1.54, 1.807) is 106 Å². The van der Waals surface area contributed by atoms with Crippen molar-refractivity contribution in [1.82, 2.24) is 0 Å². The number of aliphatic hydroxyl groups excluding tert-OH is 4. The van der Waals surface area contributed by atoms with E-state index in [0.29, 0.717) is 34.1 Å². The third kappa shape index (κ3) is 22.0. The summed E-state index contributed by atoms with van der Waals surface area (Å²) >= 11 is 0. The van der Waals surface area contributed by atoms with Gasteiger partial charge in [-0.3, -0.25) is 9.59 Å². The molecule has 2 rings (SSSR count). The van der Waals surface area contributed by atoms with Crippen LogP contribution in [0.25, 0.3) is 11.5 Å². The molecule has 0 heterocycles. The van der Waals surface area contributed by atoms with Gasteiger partial charge in [-0.1, -0.05) is 41.5 Å². The van der Waals surface area contributed by atoms with Gasteiger partial charge in [0.1, 0.15) is 34.5 Å². The van der Waals surface area contributed by atoms with E-state index >= 15 is 0 Å². The van der Waals surface area contributed by atoms with Gasteiger partial charge >= 0.3 is 0 Å². The summed E-state index contributed by atoms with van der Waals surface area (Å²) in [6.45, 7) is 17.7. The number of ketones is 2. The quantitative estimate of drug-likeness (QED) is 0.127. The van der Waals surface area contributed by atoms with E-state index in [0.717, 1.165) is 0 Å². The van der Waals surface area contributed by atoms with Crippen LogP contribution < -0.4 is 18.9 Å². The number of benzene rings is 2. The molecule has 0 atom stereocenters. The number of aliphatic hydroxyl groups is 4. The zero-order valence-corrected chi connectivity index (χ0v) is 32.1. The maximum Gasteiger partial charge on any atom is 0.164 e. The Morgan fingerprint density at radius 3 is 0.894 bits per heavy atom. The molecule has 0 aromatic heterocycles. The molecule has 0 fully saturated rings. The van der Waals surface area contributed by atoms with E-state index in [2.05, 4.69) is 0 Å². The summed E-state index contributed by atoms with van der Waals surface area (Å²) in [4.78, 5) is 23.7. The summed E-state index contributed by atoms with van der Waals surface area (Å²) in [5, 5.41) is 36.2. The maximum absolute atomic E-state index is 11.9. The second-order valence-electron chi connectivity index (χ2n) is 12.7. The van der Waals surface area contributed by atoms with Crippen LogP contribution >= 0.6 is 0 Å². The van der Waals surface area contributed by atoms with Crippen molar-refractivity contribution in [3.63, 3.8) is 0 Å². The first-order valence-electron chi connectivity index (χ1n) is 14.7. The molecule has 264 valence electrons. The van der Waals surface area contributed by atoms with Gasteiger partial charge in [-0.25, -0.2) is 0 Å². The fourth-order valence-corrected chi connectivity index (χ4v) is 2.76. The van der Waals surface area contributed by atoms with Crippen molar-refractivity contribution in [2.45, 2.75) is 81.4 Å².